The lowest BCUT2D eigenvalue weighted by molar-refractivity contribution is -0.136. The van der Waals surface area contributed by atoms with E-state index in [1.165, 1.54) is 25.8 Å². The number of nitrogens with one attached hydrogen (secondary N) is 1. The van der Waals surface area contributed by atoms with E-state index in [0.717, 1.165) is 25.8 Å². The van der Waals surface area contributed by atoms with Crippen LogP contribution in [0.2, 0.25) is 0 Å². The second-order valence-corrected chi connectivity index (χ2v) is 6.65. The third kappa shape index (κ3) is 2.93. The molecule has 21 heavy (non-hydrogen) atoms. The normalized spacial score (nSPS) is 34.5. The molecule has 3 aliphatic rings. The maximum absolute atomic E-state index is 12.8. The minimum Gasteiger partial charge on any atom is -0.344 e. The van der Waals surface area contributed by atoms with E-state index >= 15 is 0 Å². The van der Waals surface area contributed by atoms with E-state index in [-0.39, 0.29) is 17.9 Å². The van der Waals surface area contributed by atoms with Gasteiger partial charge in [0.05, 0.1) is 0 Å². The quantitative estimate of drug-likeness (QED) is 0.849. The molecule has 3 rings (SSSR count). The van der Waals surface area contributed by atoms with Gasteiger partial charge < -0.3 is 10.2 Å². The third-order valence-electron chi connectivity index (χ3n) is 5.29. The number of rotatable bonds is 3. The van der Waals surface area contributed by atoms with Crippen molar-refractivity contribution in [2.75, 3.05) is 19.6 Å². The molecule has 5 nitrogen and oxygen atoms in total. The first kappa shape index (κ1) is 14.8. The molecule has 0 saturated carbocycles. The number of hydrogen-bond donors (Lipinski definition) is 1. The summed E-state index contributed by atoms with van der Waals surface area (Å²) in [5.41, 5.74) is 0. The molecule has 0 aliphatic carbocycles. The molecule has 118 valence electrons. The number of hydrogen-bond acceptors (Lipinski definition) is 3. The Morgan fingerprint density at radius 3 is 2.76 bits per heavy atom. The average Bonchev–Trinajstić information content (AvgIpc) is 2.85. The van der Waals surface area contributed by atoms with Gasteiger partial charge in [0.1, 0.15) is 6.04 Å². The summed E-state index contributed by atoms with van der Waals surface area (Å²) in [5.74, 6) is 0.183. The van der Waals surface area contributed by atoms with E-state index in [1.54, 1.807) is 0 Å². The molecule has 0 aromatic carbocycles. The Bertz CT molecular complexity index is 412. The van der Waals surface area contributed by atoms with Crippen molar-refractivity contribution in [3.05, 3.63) is 0 Å². The van der Waals surface area contributed by atoms with Gasteiger partial charge in [-0.05, 0) is 32.2 Å². The molecule has 3 heterocycles. The maximum Gasteiger partial charge on any atom is 0.245 e. The van der Waals surface area contributed by atoms with E-state index in [0.29, 0.717) is 25.0 Å². The van der Waals surface area contributed by atoms with E-state index < -0.39 is 0 Å². The SMILES string of the molecule is CCCC1NC(=O)CCN(C2CCN3CCCCC23)C1=O. The summed E-state index contributed by atoms with van der Waals surface area (Å²) in [7, 11) is 0. The van der Waals surface area contributed by atoms with Crippen molar-refractivity contribution in [3.63, 3.8) is 0 Å². The summed E-state index contributed by atoms with van der Waals surface area (Å²) in [6, 6.07) is 0.547. The van der Waals surface area contributed by atoms with Crippen molar-refractivity contribution in [1.82, 2.24) is 15.1 Å². The predicted molar refractivity (Wildman–Crippen MR) is 80.8 cm³/mol. The van der Waals surface area contributed by atoms with Gasteiger partial charge in [-0.1, -0.05) is 19.8 Å². The number of carbonyl (C=O) groups is 2. The average molecular weight is 293 g/mol. The van der Waals surface area contributed by atoms with Crippen molar-refractivity contribution < 1.29 is 9.59 Å². The standard InChI is InChI=1S/C16H27N3O2/c1-2-5-12-16(21)19(11-8-15(20)17-12)14-7-10-18-9-4-3-6-13(14)18/h12-14H,2-11H2,1H3,(H,17,20). The fourth-order valence-corrected chi connectivity index (χ4v) is 4.26. The fraction of sp³-hybridized carbons (Fsp3) is 0.875. The van der Waals surface area contributed by atoms with Crippen LogP contribution in [0, 0.1) is 0 Å². The van der Waals surface area contributed by atoms with Gasteiger partial charge in [0, 0.05) is 31.6 Å². The zero-order valence-electron chi connectivity index (χ0n) is 13.0. The molecular formula is C16H27N3O2. The Hall–Kier alpha value is -1.10. The molecule has 3 fully saturated rings. The Kier molecular flexibility index (Phi) is 4.48. The molecule has 0 bridgehead atoms. The van der Waals surface area contributed by atoms with E-state index in [9.17, 15) is 9.59 Å². The first-order valence-electron chi connectivity index (χ1n) is 8.54. The van der Waals surface area contributed by atoms with Gasteiger partial charge in [-0.15, -0.1) is 0 Å². The van der Waals surface area contributed by atoms with Crippen LogP contribution < -0.4 is 5.32 Å². The highest BCUT2D eigenvalue weighted by atomic mass is 16.2. The van der Waals surface area contributed by atoms with Crippen LogP contribution in [0.15, 0.2) is 0 Å². The molecule has 1 N–H and O–H groups in total. The zero-order chi connectivity index (χ0) is 14.8. The zero-order valence-corrected chi connectivity index (χ0v) is 13.0. The fourth-order valence-electron chi connectivity index (χ4n) is 4.26. The van der Waals surface area contributed by atoms with E-state index in [2.05, 4.69) is 17.1 Å². The molecular weight excluding hydrogens is 266 g/mol. The van der Waals surface area contributed by atoms with Crippen molar-refractivity contribution >= 4 is 11.8 Å². The Balaban J connectivity index is 1.76. The molecule has 3 saturated heterocycles. The van der Waals surface area contributed by atoms with E-state index in [4.69, 9.17) is 0 Å². The minimum atomic E-state index is -0.303. The van der Waals surface area contributed by atoms with Crippen molar-refractivity contribution in [3.8, 4) is 0 Å². The first-order chi connectivity index (χ1) is 10.2. The molecule has 2 amide bonds. The highest BCUT2D eigenvalue weighted by Gasteiger charge is 2.42. The van der Waals surface area contributed by atoms with Crippen molar-refractivity contribution in [1.29, 1.82) is 0 Å². The molecule has 0 radical (unpaired) electrons. The number of amides is 2. The van der Waals surface area contributed by atoms with Crippen LogP contribution >= 0.6 is 0 Å². The van der Waals surface area contributed by atoms with Crippen LogP contribution in [0.4, 0.5) is 0 Å². The first-order valence-corrected chi connectivity index (χ1v) is 8.54. The number of carbonyl (C=O) groups excluding carboxylic acids is 2. The summed E-state index contributed by atoms with van der Waals surface area (Å²) in [5, 5.41) is 2.91. The topological polar surface area (TPSA) is 52.7 Å². The highest BCUT2D eigenvalue weighted by Crippen LogP contribution is 2.31. The summed E-state index contributed by atoms with van der Waals surface area (Å²) >= 11 is 0. The van der Waals surface area contributed by atoms with Crippen LogP contribution in [-0.4, -0.2) is 59.4 Å². The smallest absolute Gasteiger partial charge is 0.245 e. The number of nitrogens with zero attached hydrogens (tertiary/aromatic N) is 2. The number of piperidine rings is 1. The van der Waals surface area contributed by atoms with Crippen molar-refractivity contribution in [2.45, 2.75) is 70.0 Å². The largest absolute Gasteiger partial charge is 0.344 e. The van der Waals surface area contributed by atoms with Gasteiger partial charge in [-0.25, -0.2) is 0 Å². The van der Waals surface area contributed by atoms with Crippen LogP contribution in [0.3, 0.4) is 0 Å². The molecule has 3 atom stereocenters. The highest BCUT2D eigenvalue weighted by molar-refractivity contribution is 5.90. The Morgan fingerprint density at radius 1 is 1.10 bits per heavy atom. The second-order valence-electron chi connectivity index (χ2n) is 6.65. The monoisotopic (exact) mass is 293 g/mol. The van der Waals surface area contributed by atoms with Gasteiger partial charge in [0.15, 0.2) is 0 Å². The minimum absolute atomic E-state index is 0.0304. The summed E-state index contributed by atoms with van der Waals surface area (Å²) in [4.78, 5) is 29.3. The van der Waals surface area contributed by atoms with Crippen LogP contribution in [0.5, 0.6) is 0 Å². The Labute approximate surface area is 127 Å². The van der Waals surface area contributed by atoms with Gasteiger partial charge in [0.25, 0.3) is 0 Å². The summed E-state index contributed by atoms with van der Waals surface area (Å²) in [6.07, 6.45) is 6.96. The lowest BCUT2D eigenvalue weighted by atomic mass is 9.97. The molecule has 3 unspecified atom stereocenters. The predicted octanol–water partition coefficient (Wildman–Crippen LogP) is 1.13. The third-order valence-corrected chi connectivity index (χ3v) is 5.29. The van der Waals surface area contributed by atoms with Gasteiger partial charge in [-0.3, -0.25) is 14.5 Å². The number of fused-ring (bicyclic) bond motifs is 1. The molecule has 0 spiro atoms. The maximum atomic E-state index is 12.8. The van der Waals surface area contributed by atoms with E-state index in [1.807, 2.05) is 4.90 Å². The lowest BCUT2D eigenvalue weighted by Crippen LogP contribution is -2.53. The van der Waals surface area contributed by atoms with Crippen LogP contribution in [0.1, 0.15) is 51.9 Å². The summed E-state index contributed by atoms with van der Waals surface area (Å²) < 4.78 is 0. The molecule has 3 aliphatic heterocycles. The van der Waals surface area contributed by atoms with Gasteiger partial charge >= 0.3 is 0 Å². The van der Waals surface area contributed by atoms with Crippen molar-refractivity contribution in [2.24, 2.45) is 0 Å². The van der Waals surface area contributed by atoms with Gasteiger partial charge in [0.2, 0.25) is 11.8 Å². The van der Waals surface area contributed by atoms with Gasteiger partial charge in [-0.2, -0.15) is 0 Å². The molecule has 0 aromatic rings. The van der Waals surface area contributed by atoms with Crippen LogP contribution in [0.25, 0.3) is 0 Å². The second kappa shape index (κ2) is 6.34. The Morgan fingerprint density at radius 2 is 1.95 bits per heavy atom. The summed E-state index contributed by atoms with van der Waals surface area (Å²) in [6.45, 7) is 4.95. The van der Waals surface area contributed by atoms with Crippen LogP contribution in [-0.2, 0) is 9.59 Å². The lowest BCUT2D eigenvalue weighted by Gasteiger charge is -2.38. The molecule has 0 aromatic heterocycles. The molecule has 5 heteroatoms.